The first kappa shape index (κ1) is 21.8. The summed E-state index contributed by atoms with van der Waals surface area (Å²) in [7, 11) is 0. The zero-order valence-corrected chi connectivity index (χ0v) is 17.8. The number of ether oxygens (including phenoxy) is 1. The fraction of sp³-hybridized carbons (Fsp3) is 0.417. The molecule has 0 saturated carbocycles. The minimum Gasteiger partial charge on any atom is -0.396 e. The molecule has 30 heavy (non-hydrogen) atoms. The maximum absolute atomic E-state index is 9.01. The van der Waals surface area contributed by atoms with Crippen LogP contribution in [0.2, 0.25) is 0 Å². The molecule has 3 rings (SSSR count). The predicted octanol–water partition coefficient (Wildman–Crippen LogP) is 3.96. The number of fused-ring (bicyclic) bond motifs is 1. The van der Waals surface area contributed by atoms with Crippen LogP contribution >= 0.6 is 0 Å². The summed E-state index contributed by atoms with van der Waals surface area (Å²) in [6.07, 6.45) is 4.17. The molecule has 0 aliphatic rings. The zero-order chi connectivity index (χ0) is 21.3. The van der Waals surface area contributed by atoms with Crippen LogP contribution in [0.25, 0.3) is 11.0 Å². The fourth-order valence-corrected chi connectivity index (χ4v) is 3.34. The normalized spacial score (nSPS) is 10.9. The number of aromatic nitrogens is 3. The van der Waals surface area contributed by atoms with Crippen LogP contribution in [0.15, 0.2) is 30.3 Å². The SMILES string of the molecule is CCCCc1nc(N)c2c(n1)c(C#CCCCO)c(C)n2COCc1ccccc1. The third kappa shape index (κ3) is 5.18. The van der Waals surface area contributed by atoms with Gasteiger partial charge in [-0.3, -0.25) is 0 Å². The van der Waals surface area contributed by atoms with E-state index in [4.69, 9.17) is 20.6 Å². The molecular formula is C24H30N4O2. The summed E-state index contributed by atoms with van der Waals surface area (Å²) >= 11 is 0. The standard InChI is InChI=1S/C24H30N4O2/c1-3-4-14-21-26-22-20(13-9-6-10-15-29)18(2)28(23(22)24(25)27-21)17-30-16-19-11-7-5-8-12-19/h5,7-8,11-12,29H,3-4,6,10,14-17H2,1-2H3,(H2,25,26,27). The van der Waals surface area contributed by atoms with Crippen LogP contribution in [-0.4, -0.2) is 26.2 Å². The fourth-order valence-electron chi connectivity index (χ4n) is 3.34. The number of nitrogens with zero attached hydrogens (tertiary/aromatic N) is 3. The number of aryl methyl sites for hydroxylation is 1. The second-order valence-electron chi connectivity index (χ2n) is 7.31. The van der Waals surface area contributed by atoms with Crippen LogP contribution in [0.4, 0.5) is 5.82 Å². The van der Waals surface area contributed by atoms with Crippen molar-refractivity contribution in [3.05, 3.63) is 53.0 Å². The summed E-state index contributed by atoms with van der Waals surface area (Å²) in [6.45, 7) is 5.14. The van der Waals surface area contributed by atoms with Crippen molar-refractivity contribution in [2.45, 2.75) is 59.3 Å². The number of aliphatic hydroxyl groups is 1. The van der Waals surface area contributed by atoms with Crippen molar-refractivity contribution in [1.82, 2.24) is 14.5 Å². The van der Waals surface area contributed by atoms with Gasteiger partial charge in [-0.2, -0.15) is 0 Å². The molecule has 0 saturated heterocycles. The van der Waals surface area contributed by atoms with E-state index in [1.807, 2.05) is 41.8 Å². The highest BCUT2D eigenvalue weighted by Crippen LogP contribution is 2.28. The minimum absolute atomic E-state index is 0.138. The van der Waals surface area contributed by atoms with Gasteiger partial charge in [0.1, 0.15) is 23.6 Å². The van der Waals surface area contributed by atoms with Crippen LogP contribution in [0.5, 0.6) is 0 Å². The van der Waals surface area contributed by atoms with Crippen molar-refractivity contribution < 1.29 is 9.84 Å². The van der Waals surface area contributed by atoms with Gasteiger partial charge in [0.25, 0.3) is 0 Å². The monoisotopic (exact) mass is 406 g/mol. The molecule has 0 bridgehead atoms. The molecule has 2 heterocycles. The lowest BCUT2D eigenvalue weighted by atomic mass is 10.2. The zero-order valence-electron chi connectivity index (χ0n) is 17.8. The number of nitrogens with two attached hydrogens (primary N) is 1. The van der Waals surface area contributed by atoms with E-state index in [2.05, 4.69) is 23.7 Å². The highest BCUT2D eigenvalue weighted by Gasteiger charge is 2.19. The van der Waals surface area contributed by atoms with Crippen molar-refractivity contribution in [2.24, 2.45) is 0 Å². The number of benzene rings is 1. The minimum atomic E-state index is 0.138. The molecule has 0 unspecified atom stereocenters. The quantitative estimate of drug-likeness (QED) is 0.415. The maximum atomic E-state index is 9.01. The van der Waals surface area contributed by atoms with Crippen molar-refractivity contribution >= 4 is 16.9 Å². The molecule has 0 aliphatic carbocycles. The predicted molar refractivity (Wildman–Crippen MR) is 120 cm³/mol. The van der Waals surface area contributed by atoms with E-state index in [1.165, 1.54) is 0 Å². The van der Waals surface area contributed by atoms with E-state index in [-0.39, 0.29) is 6.61 Å². The Labute approximate surface area is 178 Å². The van der Waals surface area contributed by atoms with Gasteiger partial charge < -0.3 is 20.1 Å². The lowest BCUT2D eigenvalue weighted by molar-refractivity contribution is 0.0657. The molecular weight excluding hydrogens is 376 g/mol. The van der Waals surface area contributed by atoms with E-state index in [0.717, 1.165) is 52.9 Å². The average Bonchev–Trinajstić information content (AvgIpc) is 3.02. The lowest BCUT2D eigenvalue weighted by Gasteiger charge is -2.11. The van der Waals surface area contributed by atoms with Gasteiger partial charge in [-0.05, 0) is 25.3 Å². The highest BCUT2D eigenvalue weighted by atomic mass is 16.5. The Morgan fingerprint density at radius 1 is 1.17 bits per heavy atom. The van der Waals surface area contributed by atoms with E-state index in [9.17, 15) is 0 Å². The molecule has 0 amide bonds. The van der Waals surface area contributed by atoms with Crippen LogP contribution < -0.4 is 5.73 Å². The van der Waals surface area contributed by atoms with E-state index in [0.29, 0.717) is 32.0 Å². The number of unbranched alkanes of at least 4 members (excludes halogenated alkanes) is 2. The van der Waals surface area contributed by atoms with E-state index in [1.54, 1.807) is 0 Å². The first-order valence-corrected chi connectivity index (χ1v) is 10.5. The van der Waals surface area contributed by atoms with Gasteiger partial charge in [-0.25, -0.2) is 9.97 Å². The third-order valence-corrected chi connectivity index (χ3v) is 4.99. The number of hydrogen-bond acceptors (Lipinski definition) is 5. The maximum Gasteiger partial charge on any atom is 0.151 e. The summed E-state index contributed by atoms with van der Waals surface area (Å²) in [4.78, 5) is 9.34. The van der Waals surface area contributed by atoms with Crippen molar-refractivity contribution in [3.63, 3.8) is 0 Å². The average molecular weight is 407 g/mol. The number of rotatable bonds is 9. The summed E-state index contributed by atoms with van der Waals surface area (Å²) in [5.74, 6) is 7.61. The van der Waals surface area contributed by atoms with Crippen molar-refractivity contribution in [3.8, 4) is 11.8 Å². The second kappa shape index (κ2) is 10.8. The van der Waals surface area contributed by atoms with Crippen LogP contribution in [0.3, 0.4) is 0 Å². The molecule has 0 aliphatic heterocycles. The van der Waals surface area contributed by atoms with E-state index < -0.39 is 0 Å². The molecule has 0 spiro atoms. The van der Waals surface area contributed by atoms with Gasteiger partial charge in [0, 0.05) is 25.1 Å². The van der Waals surface area contributed by atoms with Crippen molar-refractivity contribution in [1.29, 1.82) is 0 Å². The summed E-state index contributed by atoms with van der Waals surface area (Å²) < 4.78 is 7.98. The van der Waals surface area contributed by atoms with Gasteiger partial charge >= 0.3 is 0 Å². The Morgan fingerprint density at radius 2 is 1.97 bits per heavy atom. The Kier molecular flexibility index (Phi) is 7.83. The first-order chi connectivity index (χ1) is 14.7. The third-order valence-electron chi connectivity index (χ3n) is 4.99. The summed E-state index contributed by atoms with van der Waals surface area (Å²) in [6, 6.07) is 10.1. The molecule has 0 fully saturated rings. The van der Waals surface area contributed by atoms with Crippen LogP contribution in [0, 0.1) is 18.8 Å². The van der Waals surface area contributed by atoms with E-state index >= 15 is 0 Å². The van der Waals surface area contributed by atoms with Crippen molar-refractivity contribution in [2.75, 3.05) is 12.3 Å². The first-order valence-electron chi connectivity index (χ1n) is 10.5. The van der Waals surface area contributed by atoms with Gasteiger partial charge in [-0.15, -0.1) is 0 Å². The number of nitrogen functional groups attached to an aromatic ring is 1. The highest BCUT2D eigenvalue weighted by molar-refractivity contribution is 5.91. The molecule has 6 heteroatoms. The van der Waals surface area contributed by atoms with Gasteiger partial charge in [0.05, 0.1) is 12.2 Å². The number of hydrogen-bond donors (Lipinski definition) is 2. The molecule has 6 nitrogen and oxygen atoms in total. The molecule has 3 N–H and O–H groups in total. The number of aliphatic hydroxyl groups excluding tert-OH is 1. The number of anilines is 1. The molecule has 1 aromatic carbocycles. The lowest BCUT2D eigenvalue weighted by Crippen LogP contribution is -2.08. The molecule has 2 aromatic heterocycles. The summed E-state index contributed by atoms with van der Waals surface area (Å²) in [5.41, 5.74) is 10.8. The Balaban J connectivity index is 1.95. The largest absolute Gasteiger partial charge is 0.396 e. The summed E-state index contributed by atoms with van der Waals surface area (Å²) in [5, 5.41) is 9.01. The molecule has 3 aromatic rings. The Bertz CT molecular complexity index is 1030. The topological polar surface area (TPSA) is 86.2 Å². The Hall–Kier alpha value is -2.88. The second-order valence-corrected chi connectivity index (χ2v) is 7.31. The molecule has 0 atom stereocenters. The van der Waals surface area contributed by atoms with Gasteiger partial charge in [0.2, 0.25) is 0 Å². The van der Waals surface area contributed by atoms with Gasteiger partial charge in [-0.1, -0.05) is 55.5 Å². The molecule has 158 valence electrons. The molecule has 0 radical (unpaired) electrons. The van der Waals surface area contributed by atoms with Gasteiger partial charge in [0.15, 0.2) is 5.82 Å². The smallest absolute Gasteiger partial charge is 0.151 e. The Morgan fingerprint density at radius 3 is 2.70 bits per heavy atom. The van der Waals surface area contributed by atoms with Crippen LogP contribution in [-0.2, 0) is 24.5 Å². The van der Waals surface area contributed by atoms with Crippen LogP contribution in [0.1, 0.15) is 55.3 Å².